The van der Waals surface area contributed by atoms with Gasteiger partial charge in [0.15, 0.2) is 11.5 Å². The first kappa shape index (κ1) is 18.4. The zero-order valence-corrected chi connectivity index (χ0v) is 15.8. The van der Waals surface area contributed by atoms with E-state index in [1.54, 1.807) is 6.92 Å². The Morgan fingerprint density at radius 2 is 2.07 bits per heavy atom. The van der Waals surface area contributed by atoms with Crippen molar-refractivity contribution in [2.45, 2.75) is 19.6 Å². The van der Waals surface area contributed by atoms with E-state index >= 15 is 0 Å². The summed E-state index contributed by atoms with van der Waals surface area (Å²) in [5.41, 5.74) is 0.360. The summed E-state index contributed by atoms with van der Waals surface area (Å²) in [4.78, 5) is 22.9. The van der Waals surface area contributed by atoms with Gasteiger partial charge in [0.2, 0.25) is 0 Å². The number of alkyl halides is 3. The van der Waals surface area contributed by atoms with Gasteiger partial charge in [-0.05, 0) is 23.5 Å². The van der Waals surface area contributed by atoms with Gasteiger partial charge in [-0.15, -0.1) is 16.4 Å². The number of aromatic nitrogens is 7. The van der Waals surface area contributed by atoms with Crippen LogP contribution in [-0.2, 0) is 12.7 Å². The van der Waals surface area contributed by atoms with Crippen LogP contribution in [0.25, 0.3) is 26.1 Å². The van der Waals surface area contributed by atoms with Crippen LogP contribution in [0.3, 0.4) is 0 Å². The molecule has 0 bridgehead atoms. The van der Waals surface area contributed by atoms with Crippen LogP contribution in [0.5, 0.6) is 0 Å². The minimum atomic E-state index is -4.55. The Labute approximate surface area is 167 Å². The fourth-order valence-corrected chi connectivity index (χ4v) is 4.33. The van der Waals surface area contributed by atoms with Gasteiger partial charge in [-0.1, -0.05) is 0 Å². The molecule has 10 nitrogen and oxygen atoms in total. The monoisotopic (exact) mass is 434 g/mol. The molecule has 0 fully saturated rings. The second-order valence-electron chi connectivity index (χ2n) is 6.45. The summed E-state index contributed by atoms with van der Waals surface area (Å²) in [6.07, 6.45) is -1.70. The topological polar surface area (TPSA) is 117 Å². The van der Waals surface area contributed by atoms with Crippen LogP contribution in [0.1, 0.15) is 17.1 Å². The van der Waals surface area contributed by atoms with E-state index in [4.69, 9.17) is 0 Å². The van der Waals surface area contributed by atoms with Gasteiger partial charge in [0.05, 0.1) is 22.9 Å². The third-order valence-corrected chi connectivity index (χ3v) is 5.48. The van der Waals surface area contributed by atoms with Crippen LogP contribution in [0, 0.1) is 17.0 Å². The van der Waals surface area contributed by atoms with E-state index in [2.05, 4.69) is 25.1 Å². The molecule has 0 saturated heterocycles. The van der Waals surface area contributed by atoms with Crippen molar-refractivity contribution < 1.29 is 18.1 Å². The molecule has 0 aliphatic carbocycles. The number of aryl methyl sites for hydroxylation is 1. The fourth-order valence-electron chi connectivity index (χ4n) is 3.15. The summed E-state index contributed by atoms with van der Waals surface area (Å²) in [5.74, 6) is 0.0229. The average molecular weight is 434 g/mol. The highest BCUT2D eigenvalue weighted by atomic mass is 32.1. The van der Waals surface area contributed by atoms with Crippen LogP contribution in [0.4, 0.5) is 19.0 Å². The summed E-state index contributed by atoms with van der Waals surface area (Å²) in [6.45, 7) is 1.66. The molecule has 0 aromatic carbocycles. The molecule has 0 N–H and O–H groups in total. The van der Waals surface area contributed by atoms with Crippen molar-refractivity contribution in [3.8, 4) is 0 Å². The summed E-state index contributed by atoms with van der Waals surface area (Å²) in [5, 5.41) is 19.4. The molecule has 0 radical (unpaired) electrons. The normalized spacial score (nSPS) is 12.4. The van der Waals surface area contributed by atoms with E-state index in [0.29, 0.717) is 32.6 Å². The van der Waals surface area contributed by atoms with Crippen LogP contribution in [0.2, 0.25) is 0 Å². The van der Waals surface area contributed by atoms with Gasteiger partial charge >= 0.3 is 12.0 Å². The zero-order valence-electron chi connectivity index (χ0n) is 15.0. The number of nitrogens with zero attached hydrogens (tertiary/aromatic N) is 8. The van der Waals surface area contributed by atoms with Crippen LogP contribution < -0.4 is 0 Å². The van der Waals surface area contributed by atoms with Crippen molar-refractivity contribution in [1.82, 2.24) is 34.3 Å². The number of rotatable bonds is 3. The lowest BCUT2D eigenvalue weighted by Crippen LogP contribution is -2.07. The number of hydrogen-bond acceptors (Lipinski definition) is 8. The van der Waals surface area contributed by atoms with Crippen LogP contribution in [0.15, 0.2) is 24.7 Å². The van der Waals surface area contributed by atoms with Gasteiger partial charge in [0.25, 0.3) is 0 Å². The number of fused-ring (bicyclic) bond motifs is 5. The molecule has 0 spiro atoms. The van der Waals surface area contributed by atoms with Crippen molar-refractivity contribution in [1.29, 1.82) is 0 Å². The van der Waals surface area contributed by atoms with Gasteiger partial charge in [-0.3, -0.25) is 0 Å². The fraction of sp³-hybridized carbons (Fsp3) is 0.188. The smallest absolute Gasteiger partial charge is 0.358 e. The van der Waals surface area contributed by atoms with E-state index < -0.39 is 16.8 Å². The van der Waals surface area contributed by atoms with Crippen molar-refractivity contribution in [2.75, 3.05) is 0 Å². The Hall–Kier alpha value is -3.68. The molecule has 30 heavy (non-hydrogen) atoms. The molecule has 0 unspecified atom stereocenters. The summed E-state index contributed by atoms with van der Waals surface area (Å²) in [7, 11) is 0. The summed E-state index contributed by atoms with van der Waals surface area (Å²) >= 11 is 1.05. The van der Waals surface area contributed by atoms with Gasteiger partial charge in [-0.25, -0.2) is 19.5 Å². The van der Waals surface area contributed by atoms with Crippen LogP contribution in [-0.4, -0.2) is 39.3 Å². The quantitative estimate of drug-likeness (QED) is 0.316. The Bertz CT molecular complexity index is 1470. The number of hydrogen-bond donors (Lipinski definition) is 0. The highest BCUT2D eigenvalue weighted by molar-refractivity contribution is 7.26. The Morgan fingerprint density at radius 3 is 2.77 bits per heavy atom. The molecule has 5 aromatic rings. The van der Waals surface area contributed by atoms with Crippen molar-refractivity contribution >= 4 is 43.2 Å². The summed E-state index contributed by atoms with van der Waals surface area (Å²) in [6, 6.07) is 2.26. The Morgan fingerprint density at radius 1 is 1.27 bits per heavy atom. The maximum absolute atomic E-state index is 13.1. The lowest BCUT2D eigenvalue weighted by molar-refractivity contribution is -0.389. The Kier molecular flexibility index (Phi) is 3.77. The van der Waals surface area contributed by atoms with Gasteiger partial charge in [-0.2, -0.15) is 17.9 Å². The van der Waals surface area contributed by atoms with E-state index in [0.717, 1.165) is 17.4 Å². The van der Waals surface area contributed by atoms with Gasteiger partial charge < -0.3 is 10.1 Å². The SMILES string of the molecule is Cc1cc(C(F)(F)F)nc2sc3c(ncn4nc(Cn5ccc([N+](=O)[O-])n5)nc34)c12. The molecule has 5 aromatic heterocycles. The van der Waals surface area contributed by atoms with Crippen molar-refractivity contribution in [2.24, 2.45) is 0 Å². The number of thiophene rings is 1. The number of halogens is 3. The molecule has 0 saturated carbocycles. The molecular weight excluding hydrogens is 425 g/mol. The first-order chi connectivity index (χ1) is 14.2. The molecule has 152 valence electrons. The van der Waals surface area contributed by atoms with Gasteiger partial charge in [0.1, 0.15) is 28.1 Å². The zero-order chi connectivity index (χ0) is 21.2. The highest BCUT2D eigenvalue weighted by Crippen LogP contribution is 2.38. The lowest BCUT2D eigenvalue weighted by atomic mass is 10.1. The average Bonchev–Trinajstić information content (AvgIpc) is 3.36. The maximum Gasteiger partial charge on any atom is 0.433 e. The predicted molar refractivity (Wildman–Crippen MR) is 99.2 cm³/mol. The molecule has 0 aliphatic rings. The number of nitro groups is 1. The molecule has 0 amide bonds. The highest BCUT2D eigenvalue weighted by Gasteiger charge is 2.33. The number of pyridine rings is 1. The van der Waals surface area contributed by atoms with E-state index in [-0.39, 0.29) is 17.2 Å². The first-order valence-electron chi connectivity index (χ1n) is 8.40. The molecule has 14 heteroatoms. The Balaban J connectivity index is 1.64. The van der Waals surface area contributed by atoms with Crippen molar-refractivity contribution in [3.63, 3.8) is 0 Å². The third kappa shape index (κ3) is 2.83. The minimum absolute atomic E-state index is 0.0808. The predicted octanol–water partition coefficient (Wildman–Crippen LogP) is 3.37. The molecule has 5 rings (SSSR count). The molecule has 0 aliphatic heterocycles. The largest absolute Gasteiger partial charge is 0.433 e. The maximum atomic E-state index is 13.1. The van der Waals surface area contributed by atoms with Crippen LogP contribution >= 0.6 is 11.3 Å². The molecule has 5 heterocycles. The van der Waals surface area contributed by atoms with Gasteiger partial charge in [0, 0.05) is 5.39 Å². The summed E-state index contributed by atoms with van der Waals surface area (Å²) < 4.78 is 42.6. The molecular formula is C16H9F3N8O2S. The first-order valence-corrected chi connectivity index (χ1v) is 9.21. The minimum Gasteiger partial charge on any atom is -0.358 e. The van der Waals surface area contributed by atoms with E-state index in [1.165, 1.54) is 27.8 Å². The molecule has 0 atom stereocenters. The second-order valence-corrected chi connectivity index (χ2v) is 7.45. The second kappa shape index (κ2) is 6.16. The lowest BCUT2D eigenvalue weighted by Gasteiger charge is -2.06. The standard InChI is InChI=1S/C16H9F3N8O2S/c1-7-4-8(16(17,18)19)21-15-11(7)12-13(30-15)14-22-9(23-26(14)6-20-12)5-25-3-2-10(24-25)27(28)29/h2-4,6H,5H2,1H3. The van der Waals surface area contributed by atoms with E-state index in [9.17, 15) is 23.3 Å². The third-order valence-electron chi connectivity index (χ3n) is 4.42. The van der Waals surface area contributed by atoms with Crippen molar-refractivity contribution in [3.05, 3.63) is 51.9 Å². The van der Waals surface area contributed by atoms with E-state index in [1.807, 2.05) is 0 Å².